The predicted octanol–water partition coefficient (Wildman–Crippen LogP) is 0.260. The number of carbonyl (C=O) groups excluding carboxylic acids is 1. The van der Waals surface area contributed by atoms with Crippen LogP contribution in [0.3, 0.4) is 0 Å². The first-order valence-electron chi connectivity index (χ1n) is 7.44. The molecule has 1 aliphatic rings. The number of hydrogen-bond acceptors (Lipinski definition) is 4. The number of aromatic nitrogens is 1. The molecule has 1 aliphatic heterocycles. The van der Waals surface area contributed by atoms with Crippen molar-refractivity contribution in [1.82, 2.24) is 15.2 Å². The van der Waals surface area contributed by atoms with Crippen LogP contribution in [0.2, 0.25) is 0 Å². The van der Waals surface area contributed by atoms with Crippen LogP contribution >= 0.6 is 0 Å². The molecule has 0 aliphatic carbocycles. The minimum atomic E-state index is -0.255. The lowest BCUT2D eigenvalue weighted by Gasteiger charge is -2.29. The fraction of sp³-hybridized carbons (Fsp3) is 0.600. The van der Waals surface area contributed by atoms with Crippen molar-refractivity contribution in [3.05, 3.63) is 33.7 Å². The Balaban J connectivity index is 1.73. The molecular formula is C15H23N3O3. The zero-order chi connectivity index (χ0) is 15.2. The van der Waals surface area contributed by atoms with Crippen molar-refractivity contribution in [2.24, 2.45) is 0 Å². The highest BCUT2D eigenvalue weighted by atomic mass is 16.3. The Kier molecular flexibility index (Phi) is 5.52. The third-order valence-electron chi connectivity index (χ3n) is 3.64. The Morgan fingerprint density at radius 1 is 1.52 bits per heavy atom. The molecule has 6 nitrogen and oxygen atoms in total. The van der Waals surface area contributed by atoms with E-state index in [9.17, 15) is 14.7 Å². The maximum Gasteiger partial charge on any atom is 0.267 e. The Bertz CT molecular complexity index is 541. The Morgan fingerprint density at radius 3 is 3.05 bits per heavy atom. The van der Waals surface area contributed by atoms with Crippen LogP contribution in [0.25, 0.3) is 0 Å². The summed E-state index contributed by atoms with van der Waals surface area (Å²) in [6.07, 6.45) is 2.52. The highest BCUT2D eigenvalue weighted by Gasteiger charge is 2.16. The number of rotatable bonds is 5. The molecular weight excluding hydrogens is 270 g/mol. The smallest absolute Gasteiger partial charge is 0.267 e. The summed E-state index contributed by atoms with van der Waals surface area (Å²) in [4.78, 5) is 28.4. The Hall–Kier alpha value is -1.66. The van der Waals surface area contributed by atoms with Gasteiger partial charge in [-0.3, -0.25) is 9.59 Å². The zero-order valence-electron chi connectivity index (χ0n) is 12.4. The number of piperidine rings is 1. The largest absolute Gasteiger partial charge is 0.392 e. The minimum Gasteiger partial charge on any atom is -0.392 e. The average Bonchev–Trinajstić information content (AvgIpc) is 2.42. The summed E-state index contributed by atoms with van der Waals surface area (Å²) in [5.74, 6) is -0.255. The van der Waals surface area contributed by atoms with Gasteiger partial charge in [0.1, 0.15) is 5.69 Å². The molecule has 1 fully saturated rings. The van der Waals surface area contributed by atoms with Gasteiger partial charge in [-0.2, -0.15) is 0 Å². The number of nitrogens with zero attached hydrogens (tertiary/aromatic N) is 1. The molecule has 1 atom stereocenters. The second kappa shape index (κ2) is 7.38. The van der Waals surface area contributed by atoms with E-state index >= 15 is 0 Å². The highest BCUT2D eigenvalue weighted by molar-refractivity contribution is 5.92. The Morgan fingerprint density at radius 2 is 2.33 bits per heavy atom. The fourth-order valence-electron chi connectivity index (χ4n) is 2.64. The number of nitrogens with one attached hydrogen (secondary N) is 2. The van der Waals surface area contributed by atoms with E-state index in [-0.39, 0.29) is 17.4 Å². The number of hydrogen-bond donors (Lipinski definition) is 3. The molecule has 2 rings (SSSR count). The summed E-state index contributed by atoms with van der Waals surface area (Å²) in [6, 6.07) is 2.77. The van der Waals surface area contributed by atoms with E-state index in [0.29, 0.717) is 17.9 Å². The zero-order valence-corrected chi connectivity index (χ0v) is 12.4. The summed E-state index contributed by atoms with van der Waals surface area (Å²) >= 11 is 0. The molecule has 0 spiro atoms. The fourth-order valence-corrected chi connectivity index (χ4v) is 2.64. The molecule has 0 saturated carbocycles. The number of aliphatic hydroxyl groups is 1. The van der Waals surface area contributed by atoms with Crippen molar-refractivity contribution in [2.45, 2.75) is 32.3 Å². The average molecular weight is 293 g/mol. The molecule has 1 amide bonds. The first kappa shape index (κ1) is 15.7. The monoisotopic (exact) mass is 293 g/mol. The second-order valence-corrected chi connectivity index (χ2v) is 5.62. The number of amides is 1. The van der Waals surface area contributed by atoms with Gasteiger partial charge >= 0.3 is 0 Å². The van der Waals surface area contributed by atoms with Crippen LogP contribution in [0.4, 0.5) is 0 Å². The van der Waals surface area contributed by atoms with Crippen LogP contribution in [0, 0.1) is 6.92 Å². The van der Waals surface area contributed by atoms with Crippen molar-refractivity contribution in [3.63, 3.8) is 0 Å². The minimum absolute atomic E-state index is 0.168. The summed E-state index contributed by atoms with van der Waals surface area (Å²) in [7, 11) is 0. The quantitative estimate of drug-likeness (QED) is 0.680. The lowest BCUT2D eigenvalue weighted by atomic mass is 10.1. The molecule has 6 heteroatoms. The first-order valence-corrected chi connectivity index (χ1v) is 7.44. The van der Waals surface area contributed by atoms with E-state index in [1.165, 1.54) is 12.1 Å². The Labute approximate surface area is 124 Å². The van der Waals surface area contributed by atoms with Crippen LogP contribution in [-0.2, 0) is 0 Å². The molecule has 21 heavy (non-hydrogen) atoms. The summed E-state index contributed by atoms with van der Waals surface area (Å²) in [6.45, 7) is 4.90. The summed E-state index contributed by atoms with van der Waals surface area (Å²) < 4.78 is 0. The van der Waals surface area contributed by atoms with Gasteiger partial charge in [0.05, 0.1) is 6.10 Å². The van der Waals surface area contributed by atoms with E-state index in [2.05, 4.69) is 15.2 Å². The van der Waals surface area contributed by atoms with E-state index < -0.39 is 0 Å². The number of aliphatic hydroxyl groups excluding tert-OH is 1. The molecule has 1 saturated heterocycles. The van der Waals surface area contributed by atoms with E-state index in [1.54, 1.807) is 6.92 Å². The normalized spacial score (nSPS) is 19.4. The summed E-state index contributed by atoms with van der Waals surface area (Å²) in [5.41, 5.74) is 0.807. The van der Waals surface area contributed by atoms with Gasteiger partial charge < -0.3 is 20.3 Å². The van der Waals surface area contributed by atoms with Gasteiger partial charge in [0.15, 0.2) is 5.43 Å². The van der Waals surface area contributed by atoms with Crippen LogP contribution < -0.4 is 10.7 Å². The van der Waals surface area contributed by atoms with Crippen molar-refractivity contribution >= 4 is 5.91 Å². The molecule has 0 bridgehead atoms. The van der Waals surface area contributed by atoms with E-state index in [0.717, 1.165) is 38.9 Å². The van der Waals surface area contributed by atoms with Gasteiger partial charge in [0.2, 0.25) is 0 Å². The molecule has 1 aromatic rings. The van der Waals surface area contributed by atoms with E-state index in [1.807, 2.05) is 0 Å². The molecule has 1 aromatic heterocycles. The number of carbonyl (C=O) groups is 1. The van der Waals surface area contributed by atoms with Gasteiger partial charge in [0, 0.05) is 30.9 Å². The maximum absolute atomic E-state index is 11.9. The standard InChI is InChI=1S/C15H23N3O3/c1-11-8-13(20)9-14(17-11)15(21)16-5-3-7-18-6-2-4-12(19)10-18/h8-9,12,19H,2-7,10H2,1H3,(H,16,21)(H,17,20)/t12-/m1/s1. The van der Waals surface area contributed by atoms with Gasteiger partial charge in [-0.05, 0) is 39.3 Å². The van der Waals surface area contributed by atoms with Crippen molar-refractivity contribution < 1.29 is 9.90 Å². The number of aryl methyl sites for hydroxylation is 1. The van der Waals surface area contributed by atoms with Gasteiger partial charge in [0.25, 0.3) is 5.91 Å². The third kappa shape index (κ3) is 4.99. The van der Waals surface area contributed by atoms with E-state index in [4.69, 9.17) is 0 Å². The van der Waals surface area contributed by atoms with Crippen LogP contribution in [-0.4, -0.2) is 53.2 Å². The van der Waals surface area contributed by atoms with Gasteiger partial charge in [-0.1, -0.05) is 0 Å². The SMILES string of the molecule is Cc1cc(=O)cc(C(=O)NCCCN2CCC[C@@H](O)C2)[nH]1. The van der Waals surface area contributed by atoms with Crippen LogP contribution in [0.5, 0.6) is 0 Å². The predicted molar refractivity (Wildman–Crippen MR) is 80.4 cm³/mol. The number of β-amino-alcohol motifs (C(OH)–C–C–N with tert-alkyl or cyclic N) is 1. The second-order valence-electron chi connectivity index (χ2n) is 5.62. The molecule has 3 N–H and O–H groups in total. The summed E-state index contributed by atoms with van der Waals surface area (Å²) in [5, 5.41) is 12.4. The maximum atomic E-state index is 11.9. The van der Waals surface area contributed by atoms with Gasteiger partial charge in [-0.25, -0.2) is 0 Å². The number of pyridine rings is 1. The van der Waals surface area contributed by atoms with Crippen molar-refractivity contribution in [3.8, 4) is 0 Å². The third-order valence-corrected chi connectivity index (χ3v) is 3.64. The van der Waals surface area contributed by atoms with Gasteiger partial charge in [-0.15, -0.1) is 0 Å². The molecule has 0 unspecified atom stereocenters. The molecule has 0 aromatic carbocycles. The molecule has 116 valence electrons. The molecule has 0 radical (unpaired) electrons. The number of aromatic amines is 1. The lowest BCUT2D eigenvalue weighted by Crippen LogP contribution is -2.39. The molecule has 2 heterocycles. The van der Waals surface area contributed by atoms with Crippen molar-refractivity contribution in [1.29, 1.82) is 0 Å². The number of likely N-dealkylation sites (tertiary alicyclic amines) is 1. The lowest BCUT2D eigenvalue weighted by molar-refractivity contribution is 0.0697. The van der Waals surface area contributed by atoms with Crippen LogP contribution in [0.15, 0.2) is 16.9 Å². The van der Waals surface area contributed by atoms with Crippen molar-refractivity contribution in [2.75, 3.05) is 26.2 Å². The highest BCUT2D eigenvalue weighted by Crippen LogP contribution is 2.09. The number of H-pyrrole nitrogens is 1. The topological polar surface area (TPSA) is 85.4 Å². The van der Waals surface area contributed by atoms with Crippen LogP contribution in [0.1, 0.15) is 35.4 Å². The first-order chi connectivity index (χ1) is 10.0.